The molecule has 1 amide bonds. The van der Waals surface area contributed by atoms with E-state index in [2.05, 4.69) is 23.5 Å². The fourth-order valence-corrected chi connectivity index (χ4v) is 1.74. The van der Waals surface area contributed by atoms with Crippen molar-refractivity contribution < 1.29 is 19.7 Å². The highest BCUT2D eigenvalue weighted by molar-refractivity contribution is 5.95. The number of hydrogen-bond acceptors (Lipinski definition) is 5. The molecule has 1 rings (SSSR count). The first-order valence-corrected chi connectivity index (χ1v) is 6.34. The summed E-state index contributed by atoms with van der Waals surface area (Å²) >= 11 is 0. The van der Waals surface area contributed by atoms with Gasteiger partial charge in [-0.1, -0.05) is 25.3 Å². The monoisotopic (exact) mass is 280 g/mol. The van der Waals surface area contributed by atoms with E-state index < -0.39 is 24.2 Å². The van der Waals surface area contributed by atoms with Gasteiger partial charge in [-0.2, -0.15) is 0 Å². The predicted molar refractivity (Wildman–Crippen MR) is 76.3 cm³/mol. The topological polar surface area (TPSA) is 91.2 Å². The van der Waals surface area contributed by atoms with Gasteiger partial charge in [-0.15, -0.1) is 0 Å². The van der Waals surface area contributed by atoms with Crippen molar-refractivity contribution in [2.24, 2.45) is 4.99 Å². The summed E-state index contributed by atoms with van der Waals surface area (Å²) in [5.74, 6) is -0.418. The van der Waals surface area contributed by atoms with Crippen LogP contribution in [-0.2, 0) is 9.53 Å². The van der Waals surface area contributed by atoms with Crippen molar-refractivity contribution in [1.82, 2.24) is 5.32 Å². The zero-order valence-electron chi connectivity index (χ0n) is 11.2. The molecule has 1 heterocycles. The predicted octanol–water partition coefficient (Wildman–Crippen LogP) is -0.0600. The first-order valence-electron chi connectivity index (χ1n) is 6.34. The molecule has 0 aromatic heterocycles. The lowest BCUT2D eigenvalue weighted by Crippen LogP contribution is -2.50. The first kappa shape index (κ1) is 16.3. The second kappa shape index (κ2) is 8.42. The lowest BCUT2D eigenvalue weighted by Gasteiger charge is -2.32. The van der Waals surface area contributed by atoms with E-state index in [4.69, 9.17) is 4.74 Å². The Bertz CT molecular complexity index is 417. The molecule has 0 aliphatic carbocycles. The van der Waals surface area contributed by atoms with E-state index in [9.17, 15) is 15.0 Å². The number of nitrogens with zero attached hydrogens (tertiary/aromatic N) is 1. The molecule has 0 saturated carbocycles. The maximum atomic E-state index is 11.9. The minimum absolute atomic E-state index is 0.0924. The largest absolute Gasteiger partial charge is 0.390 e. The SMILES string of the molecule is C=CC=N/C(=C\C=C)C(=O)NCC1OCCC(O)C1O. The number of rotatable bonds is 6. The molecule has 0 spiro atoms. The lowest BCUT2D eigenvalue weighted by atomic mass is 10.0. The maximum Gasteiger partial charge on any atom is 0.269 e. The van der Waals surface area contributed by atoms with E-state index in [1.807, 2.05) is 0 Å². The van der Waals surface area contributed by atoms with Crippen LogP contribution in [0.1, 0.15) is 6.42 Å². The summed E-state index contributed by atoms with van der Waals surface area (Å²) in [7, 11) is 0. The highest BCUT2D eigenvalue weighted by Crippen LogP contribution is 2.14. The average Bonchev–Trinajstić information content (AvgIpc) is 2.44. The van der Waals surface area contributed by atoms with Gasteiger partial charge in [-0.3, -0.25) is 9.79 Å². The van der Waals surface area contributed by atoms with E-state index in [1.165, 1.54) is 24.4 Å². The van der Waals surface area contributed by atoms with Crippen LogP contribution < -0.4 is 5.32 Å². The minimum Gasteiger partial charge on any atom is -0.390 e. The molecular formula is C14H20N2O4. The van der Waals surface area contributed by atoms with Crippen LogP contribution in [0.5, 0.6) is 0 Å². The standard InChI is InChI=1S/C14H20N2O4/c1-3-5-10(15-7-4-2)14(19)16-9-12-13(18)11(17)6-8-20-12/h3-5,7,11-13,17-18H,1-2,6,8-9H2,(H,16,19)/b10-5-,15-7?. The molecule has 6 nitrogen and oxygen atoms in total. The summed E-state index contributed by atoms with van der Waals surface area (Å²) in [6.45, 7) is 7.43. The van der Waals surface area contributed by atoms with Gasteiger partial charge in [0, 0.05) is 19.4 Å². The number of allylic oxidation sites excluding steroid dienone is 3. The fraction of sp³-hybridized carbons (Fsp3) is 0.429. The molecule has 1 fully saturated rings. The molecule has 0 bridgehead atoms. The molecular weight excluding hydrogens is 260 g/mol. The van der Waals surface area contributed by atoms with Gasteiger partial charge >= 0.3 is 0 Å². The molecule has 1 saturated heterocycles. The molecule has 6 heteroatoms. The number of ether oxygens (including phenoxy) is 1. The zero-order valence-corrected chi connectivity index (χ0v) is 11.2. The van der Waals surface area contributed by atoms with Gasteiger partial charge in [-0.05, 0) is 12.5 Å². The Balaban J connectivity index is 2.56. The summed E-state index contributed by atoms with van der Waals surface area (Å²) in [6, 6.07) is 0. The number of amides is 1. The Morgan fingerprint density at radius 1 is 1.40 bits per heavy atom. The minimum atomic E-state index is -1.01. The Hall–Kier alpha value is -1.76. The number of aliphatic hydroxyl groups is 2. The van der Waals surface area contributed by atoms with Crippen molar-refractivity contribution in [3.8, 4) is 0 Å². The van der Waals surface area contributed by atoms with Crippen LogP contribution in [0.2, 0.25) is 0 Å². The third kappa shape index (κ3) is 4.73. The van der Waals surface area contributed by atoms with Gasteiger partial charge in [0.15, 0.2) is 0 Å². The number of aliphatic hydroxyl groups excluding tert-OH is 2. The third-order valence-electron chi connectivity index (χ3n) is 2.81. The molecule has 0 radical (unpaired) electrons. The third-order valence-corrected chi connectivity index (χ3v) is 2.81. The van der Waals surface area contributed by atoms with E-state index in [-0.39, 0.29) is 12.2 Å². The van der Waals surface area contributed by atoms with Crippen molar-refractivity contribution in [3.05, 3.63) is 37.1 Å². The molecule has 1 aliphatic rings. The quantitative estimate of drug-likeness (QED) is 0.361. The van der Waals surface area contributed by atoms with Crippen LogP contribution >= 0.6 is 0 Å². The molecule has 3 unspecified atom stereocenters. The number of hydrogen-bond donors (Lipinski definition) is 3. The van der Waals surface area contributed by atoms with Crippen molar-refractivity contribution >= 4 is 12.1 Å². The van der Waals surface area contributed by atoms with Gasteiger partial charge in [-0.25, -0.2) is 0 Å². The van der Waals surface area contributed by atoms with Crippen molar-refractivity contribution in [3.63, 3.8) is 0 Å². The summed E-state index contributed by atoms with van der Waals surface area (Å²) in [4.78, 5) is 15.8. The second-order valence-electron chi connectivity index (χ2n) is 4.27. The van der Waals surface area contributed by atoms with E-state index in [0.717, 1.165) is 0 Å². The molecule has 3 atom stereocenters. The molecule has 20 heavy (non-hydrogen) atoms. The Morgan fingerprint density at radius 3 is 2.80 bits per heavy atom. The summed E-state index contributed by atoms with van der Waals surface area (Å²) in [5.41, 5.74) is 0.172. The Kier molecular flexibility index (Phi) is 6.86. The maximum absolute atomic E-state index is 11.9. The number of aliphatic imine (C=N–C) groups is 1. The van der Waals surface area contributed by atoms with Crippen LogP contribution in [0.25, 0.3) is 0 Å². The van der Waals surface area contributed by atoms with E-state index in [0.29, 0.717) is 13.0 Å². The van der Waals surface area contributed by atoms with Crippen molar-refractivity contribution in [1.29, 1.82) is 0 Å². The highest BCUT2D eigenvalue weighted by Gasteiger charge is 2.31. The second-order valence-corrected chi connectivity index (χ2v) is 4.27. The number of nitrogens with one attached hydrogen (secondary N) is 1. The van der Waals surface area contributed by atoms with E-state index >= 15 is 0 Å². The normalized spacial score (nSPS) is 27.3. The number of carbonyl (C=O) groups is 1. The van der Waals surface area contributed by atoms with Gasteiger partial charge in [0.2, 0.25) is 0 Å². The van der Waals surface area contributed by atoms with Crippen LogP contribution in [0.3, 0.4) is 0 Å². The summed E-state index contributed by atoms with van der Waals surface area (Å²) < 4.78 is 5.31. The molecule has 0 aromatic rings. The summed E-state index contributed by atoms with van der Waals surface area (Å²) in [5, 5.41) is 21.9. The molecule has 0 aromatic carbocycles. The van der Waals surface area contributed by atoms with Gasteiger partial charge < -0.3 is 20.3 Å². The van der Waals surface area contributed by atoms with Gasteiger partial charge in [0.1, 0.15) is 17.9 Å². The fourth-order valence-electron chi connectivity index (χ4n) is 1.74. The van der Waals surface area contributed by atoms with Crippen molar-refractivity contribution in [2.75, 3.05) is 13.2 Å². The van der Waals surface area contributed by atoms with E-state index in [1.54, 1.807) is 0 Å². The highest BCUT2D eigenvalue weighted by atomic mass is 16.5. The smallest absolute Gasteiger partial charge is 0.269 e. The van der Waals surface area contributed by atoms with Gasteiger partial charge in [0.25, 0.3) is 5.91 Å². The van der Waals surface area contributed by atoms with Gasteiger partial charge in [0.05, 0.1) is 6.10 Å². The first-order chi connectivity index (χ1) is 9.60. The molecule has 3 N–H and O–H groups in total. The lowest BCUT2D eigenvalue weighted by molar-refractivity contribution is -0.136. The zero-order chi connectivity index (χ0) is 15.0. The average molecular weight is 280 g/mol. The Labute approximate surface area is 118 Å². The van der Waals surface area contributed by atoms with Crippen LogP contribution in [0.4, 0.5) is 0 Å². The van der Waals surface area contributed by atoms with Crippen molar-refractivity contribution in [2.45, 2.75) is 24.7 Å². The Morgan fingerprint density at radius 2 is 2.15 bits per heavy atom. The van der Waals surface area contributed by atoms with Crippen LogP contribution in [0, 0.1) is 0 Å². The number of carbonyl (C=O) groups excluding carboxylic acids is 1. The molecule has 110 valence electrons. The molecule has 1 aliphatic heterocycles. The van der Waals surface area contributed by atoms with Crippen LogP contribution in [-0.4, -0.2) is 53.8 Å². The van der Waals surface area contributed by atoms with Crippen LogP contribution in [0.15, 0.2) is 42.1 Å². The summed E-state index contributed by atoms with van der Waals surface area (Å²) in [6.07, 6.45) is 3.68.